The van der Waals surface area contributed by atoms with Crippen molar-refractivity contribution in [3.8, 4) is 0 Å². The van der Waals surface area contributed by atoms with E-state index in [-0.39, 0.29) is 5.78 Å². The van der Waals surface area contributed by atoms with Crippen LogP contribution in [0.2, 0.25) is 0 Å². The summed E-state index contributed by atoms with van der Waals surface area (Å²) in [5.41, 5.74) is 0.254. The lowest BCUT2D eigenvalue weighted by atomic mass is 10.0. The minimum Gasteiger partial charge on any atom is -0.593 e. The van der Waals surface area contributed by atoms with Crippen LogP contribution in [0.5, 0.6) is 0 Å². The van der Waals surface area contributed by atoms with Crippen molar-refractivity contribution in [1.82, 2.24) is 9.21 Å². The summed E-state index contributed by atoms with van der Waals surface area (Å²) in [6, 6.07) is 7.11. The van der Waals surface area contributed by atoms with E-state index in [1.807, 2.05) is 4.31 Å². The van der Waals surface area contributed by atoms with Crippen molar-refractivity contribution >= 4 is 17.1 Å². The van der Waals surface area contributed by atoms with Gasteiger partial charge in [-0.3, -0.25) is 4.79 Å². The molecule has 1 aromatic rings. The Balaban J connectivity index is 1.68. The summed E-state index contributed by atoms with van der Waals surface area (Å²) in [5, 5.41) is 0. The van der Waals surface area contributed by atoms with Gasteiger partial charge in [-0.25, -0.2) is 0 Å². The Morgan fingerprint density at radius 1 is 1.24 bits per heavy atom. The molecule has 3 rings (SSSR count). The number of rotatable bonds is 6. The molecule has 1 unspecified atom stereocenters. The minimum absolute atomic E-state index is 0.0257. The van der Waals surface area contributed by atoms with Crippen molar-refractivity contribution in [2.24, 2.45) is 0 Å². The van der Waals surface area contributed by atoms with Crippen molar-refractivity contribution in [1.29, 1.82) is 0 Å². The van der Waals surface area contributed by atoms with E-state index in [2.05, 4.69) is 11.8 Å². The fourth-order valence-corrected chi connectivity index (χ4v) is 5.06. The Hall–Kier alpha value is -0.920. The van der Waals surface area contributed by atoms with Gasteiger partial charge in [0.15, 0.2) is 16.4 Å². The number of unbranched alkanes of at least 4 members (excludes halogenated alkanes) is 1. The average Bonchev–Trinajstić information content (AvgIpc) is 3.04. The summed E-state index contributed by atoms with van der Waals surface area (Å²) in [6.45, 7) is 8.22. The van der Waals surface area contributed by atoms with Crippen LogP contribution >= 0.6 is 0 Å². The molecule has 0 amide bonds. The fourth-order valence-electron chi connectivity index (χ4n) is 3.66. The molecule has 2 saturated heterocycles. The number of piperidine rings is 1. The predicted molar refractivity (Wildman–Crippen MR) is 98.8 cm³/mol. The lowest BCUT2D eigenvalue weighted by molar-refractivity contribution is -0.0906. The molecule has 1 spiro atoms. The van der Waals surface area contributed by atoms with Gasteiger partial charge >= 0.3 is 0 Å². The van der Waals surface area contributed by atoms with E-state index in [4.69, 9.17) is 4.74 Å². The summed E-state index contributed by atoms with van der Waals surface area (Å²) in [6.07, 6.45) is 4.23. The summed E-state index contributed by atoms with van der Waals surface area (Å²) < 4.78 is 21.2. The minimum atomic E-state index is -1.26. The van der Waals surface area contributed by atoms with Crippen molar-refractivity contribution in [3.05, 3.63) is 29.8 Å². The molecule has 2 heterocycles. The van der Waals surface area contributed by atoms with Crippen LogP contribution in [-0.2, 0) is 16.1 Å². The second-order valence-corrected chi connectivity index (χ2v) is 8.33. The second-order valence-electron chi connectivity index (χ2n) is 6.92. The first kappa shape index (κ1) is 18.9. The highest BCUT2D eigenvalue weighted by Gasteiger charge is 2.51. The SMILES string of the molecule is CCCCN1CCC2(CC1)OCCN2[S+]([O-])c1ccc(C(C)=O)cc1. The summed E-state index contributed by atoms with van der Waals surface area (Å²) in [4.78, 5) is 14.6. The number of Topliss-reactive ketones (excluding diaryl/α,β-unsaturated/α-hetero) is 1. The van der Waals surface area contributed by atoms with Crippen LogP contribution in [0.4, 0.5) is 0 Å². The van der Waals surface area contributed by atoms with Crippen LogP contribution in [0.3, 0.4) is 0 Å². The zero-order valence-electron chi connectivity index (χ0n) is 15.2. The number of benzene rings is 1. The molecule has 2 aliphatic rings. The lowest BCUT2D eigenvalue weighted by Gasteiger charge is -2.42. The molecule has 6 heteroatoms. The van der Waals surface area contributed by atoms with E-state index in [1.165, 1.54) is 12.8 Å². The summed E-state index contributed by atoms with van der Waals surface area (Å²) in [5.74, 6) is 0.0257. The van der Waals surface area contributed by atoms with Crippen molar-refractivity contribution in [2.45, 2.75) is 50.2 Å². The highest BCUT2D eigenvalue weighted by Crippen LogP contribution is 2.38. The van der Waals surface area contributed by atoms with Gasteiger partial charge in [0.05, 0.1) is 24.5 Å². The zero-order valence-corrected chi connectivity index (χ0v) is 16.0. The Bertz CT molecular complexity index is 585. The van der Waals surface area contributed by atoms with Crippen molar-refractivity contribution in [2.75, 3.05) is 32.8 Å². The van der Waals surface area contributed by atoms with E-state index in [9.17, 15) is 9.35 Å². The van der Waals surface area contributed by atoms with Crippen molar-refractivity contribution in [3.63, 3.8) is 0 Å². The van der Waals surface area contributed by atoms with Gasteiger partial charge in [0.25, 0.3) is 0 Å². The third-order valence-corrected chi connectivity index (χ3v) is 6.84. The van der Waals surface area contributed by atoms with Gasteiger partial charge in [0, 0.05) is 31.5 Å². The topological polar surface area (TPSA) is 55.8 Å². The molecule has 0 N–H and O–H groups in total. The van der Waals surface area contributed by atoms with Crippen LogP contribution in [0.15, 0.2) is 29.2 Å². The molecule has 25 heavy (non-hydrogen) atoms. The smallest absolute Gasteiger partial charge is 0.174 e. The molecule has 1 aromatic carbocycles. The third kappa shape index (κ3) is 4.09. The summed E-state index contributed by atoms with van der Waals surface area (Å²) in [7, 11) is 0. The number of nitrogens with zero attached hydrogens (tertiary/aromatic N) is 2. The fraction of sp³-hybridized carbons (Fsp3) is 0.632. The number of hydrogen-bond acceptors (Lipinski definition) is 5. The van der Waals surface area contributed by atoms with Gasteiger partial charge in [0.2, 0.25) is 0 Å². The van der Waals surface area contributed by atoms with Gasteiger partial charge in [-0.2, -0.15) is 0 Å². The van der Waals surface area contributed by atoms with E-state index in [1.54, 1.807) is 31.2 Å². The quantitative estimate of drug-likeness (QED) is 0.574. The van der Waals surface area contributed by atoms with E-state index < -0.39 is 17.1 Å². The molecule has 0 saturated carbocycles. The van der Waals surface area contributed by atoms with Crippen LogP contribution in [0.25, 0.3) is 0 Å². The van der Waals surface area contributed by atoms with Gasteiger partial charge in [-0.15, -0.1) is 0 Å². The maximum absolute atomic E-state index is 13.1. The standard InChI is InChI=1S/C19H28N2O3S/c1-3-4-11-20-12-9-19(10-13-20)21(14-15-24-19)25(23)18-7-5-17(6-8-18)16(2)22/h5-8H,3-4,9-15H2,1-2H3. The molecule has 0 radical (unpaired) electrons. The maximum atomic E-state index is 13.1. The third-order valence-electron chi connectivity index (χ3n) is 5.25. The normalized spacial score (nSPS) is 22.4. The Labute approximate surface area is 153 Å². The largest absolute Gasteiger partial charge is 0.593 e. The first-order chi connectivity index (χ1) is 12.1. The zero-order chi connectivity index (χ0) is 17.9. The van der Waals surface area contributed by atoms with E-state index >= 15 is 0 Å². The average molecular weight is 365 g/mol. The Morgan fingerprint density at radius 2 is 1.92 bits per heavy atom. The first-order valence-electron chi connectivity index (χ1n) is 9.22. The van der Waals surface area contributed by atoms with Crippen LogP contribution in [0, 0.1) is 0 Å². The number of ketones is 1. The molecular weight excluding hydrogens is 336 g/mol. The maximum Gasteiger partial charge on any atom is 0.174 e. The molecule has 0 bridgehead atoms. The Kier molecular flexibility index (Phi) is 6.17. The first-order valence-corrected chi connectivity index (χ1v) is 10.3. The number of ether oxygens (including phenoxy) is 1. The molecule has 2 fully saturated rings. The number of carbonyl (C=O) groups is 1. The van der Waals surface area contributed by atoms with Gasteiger partial charge in [-0.1, -0.05) is 17.6 Å². The molecule has 1 atom stereocenters. The van der Waals surface area contributed by atoms with Gasteiger partial charge < -0.3 is 14.2 Å². The van der Waals surface area contributed by atoms with E-state index in [0.29, 0.717) is 18.7 Å². The number of carbonyl (C=O) groups excluding carboxylic acids is 1. The summed E-state index contributed by atoms with van der Waals surface area (Å²) >= 11 is -1.26. The van der Waals surface area contributed by atoms with Gasteiger partial charge in [0.1, 0.15) is 0 Å². The molecule has 2 aliphatic heterocycles. The molecule has 5 nitrogen and oxygen atoms in total. The number of likely N-dealkylation sites (tertiary alicyclic amines) is 1. The van der Waals surface area contributed by atoms with Crippen LogP contribution in [-0.4, -0.2) is 58.1 Å². The highest BCUT2D eigenvalue weighted by atomic mass is 32.2. The molecule has 0 aliphatic carbocycles. The monoisotopic (exact) mass is 364 g/mol. The predicted octanol–water partition coefficient (Wildman–Crippen LogP) is 2.84. The van der Waals surface area contributed by atoms with Crippen LogP contribution in [0.1, 0.15) is 49.9 Å². The van der Waals surface area contributed by atoms with Crippen LogP contribution < -0.4 is 0 Å². The van der Waals surface area contributed by atoms with E-state index in [0.717, 1.165) is 37.4 Å². The van der Waals surface area contributed by atoms with Gasteiger partial charge in [-0.05, 0) is 44.2 Å². The Morgan fingerprint density at radius 3 is 2.52 bits per heavy atom. The second kappa shape index (κ2) is 8.18. The molecular formula is C19H28N2O3S. The highest BCUT2D eigenvalue weighted by molar-refractivity contribution is 7.89. The number of hydrogen-bond donors (Lipinski definition) is 0. The molecule has 0 aromatic heterocycles. The van der Waals surface area contributed by atoms with Crippen molar-refractivity contribution < 1.29 is 14.1 Å². The lowest BCUT2D eigenvalue weighted by Crippen LogP contribution is -2.54. The molecule has 138 valence electrons.